The molecule has 1 aromatic carbocycles. The summed E-state index contributed by atoms with van der Waals surface area (Å²) in [7, 11) is 0. The number of nitrogens with one attached hydrogen (secondary N) is 2. The highest BCUT2D eigenvalue weighted by atomic mass is 16.2. The van der Waals surface area contributed by atoms with Crippen LogP contribution in [0.4, 0.5) is 4.79 Å². The first-order valence-corrected chi connectivity index (χ1v) is 9.88. The molecule has 28 heavy (non-hydrogen) atoms. The average Bonchev–Trinajstić information content (AvgIpc) is 2.88. The predicted molar refractivity (Wildman–Crippen MR) is 103 cm³/mol. The number of urea groups is 1. The van der Waals surface area contributed by atoms with Crippen LogP contribution in [0.5, 0.6) is 0 Å². The second-order valence-electron chi connectivity index (χ2n) is 7.75. The zero-order valence-corrected chi connectivity index (χ0v) is 16.2. The van der Waals surface area contributed by atoms with Crippen LogP contribution in [0, 0.1) is 11.3 Å². The molecule has 2 N–H and O–H groups in total. The van der Waals surface area contributed by atoms with Crippen molar-refractivity contribution in [3.63, 3.8) is 0 Å². The number of amides is 4. The van der Waals surface area contributed by atoms with Crippen LogP contribution >= 0.6 is 0 Å². The van der Waals surface area contributed by atoms with Crippen LogP contribution in [0.2, 0.25) is 0 Å². The molecule has 1 aromatic rings. The molecule has 0 bridgehead atoms. The lowest BCUT2D eigenvalue weighted by molar-refractivity contribution is -0.135. The molecule has 1 heterocycles. The molecule has 148 valence electrons. The summed E-state index contributed by atoms with van der Waals surface area (Å²) in [5.74, 6) is -0.770. The Morgan fingerprint density at radius 1 is 1.18 bits per heavy atom. The number of hydrogen-bond donors (Lipinski definition) is 2. The fourth-order valence-corrected chi connectivity index (χ4v) is 3.93. The molecule has 4 amide bonds. The van der Waals surface area contributed by atoms with E-state index >= 15 is 0 Å². The van der Waals surface area contributed by atoms with Crippen LogP contribution in [0.3, 0.4) is 0 Å². The number of nitrogens with zero attached hydrogens (tertiary/aromatic N) is 2. The van der Waals surface area contributed by atoms with Crippen LogP contribution < -0.4 is 10.6 Å². The maximum atomic E-state index is 12.9. The second-order valence-corrected chi connectivity index (χ2v) is 7.75. The fraction of sp³-hybridized carbons (Fsp3) is 0.524. The third kappa shape index (κ3) is 4.16. The largest absolute Gasteiger partial charge is 0.352 e. The van der Waals surface area contributed by atoms with Gasteiger partial charge >= 0.3 is 6.03 Å². The number of imide groups is 1. The van der Waals surface area contributed by atoms with Gasteiger partial charge in [0, 0.05) is 6.04 Å². The number of carbonyl (C=O) groups excluding carboxylic acids is 3. The van der Waals surface area contributed by atoms with Gasteiger partial charge in [-0.15, -0.1) is 0 Å². The van der Waals surface area contributed by atoms with Crippen molar-refractivity contribution in [1.29, 1.82) is 5.26 Å². The van der Waals surface area contributed by atoms with Crippen LogP contribution in [0.25, 0.3) is 0 Å². The zero-order valence-electron chi connectivity index (χ0n) is 16.2. The number of nitriles is 1. The molecule has 2 fully saturated rings. The Labute approximate surface area is 165 Å². The summed E-state index contributed by atoms with van der Waals surface area (Å²) in [6, 6.07) is 8.05. The van der Waals surface area contributed by atoms with Gasteiger partial charge in [-0.1, -0.05) is 44.2 Å². The molecule has 0 spiro atoms. The maximum absolute atomic E-state index is 12.9. The summed E-state index contributed by atoms with van der Waals surface area (Å²) in [6.07, 6.45) is 7.67. The van der Waals surface area contributed by atoms with Crippen LogP contribution in [-0.4, -0.2) is 35.3 Å². The molecule has 1 unspecified atom stereocenters. The standard InChI is InChI=1S/C21H26N4O3/c1-21(16-11-9-15(13-22)10-12-16)19(27)25(20(28)24-21)14-18(26)23-17-7-5-3-2-4-6-8-17/h9-12,17H,2-8,14H2,1H3,(H,23,26)(H,24,28). The normalized spacial score (nSPS) is 23.5. The lowest BCUT2D eigenvalue weighted by Gasteiger charge is -2.23. The van der Waals surface area contributed by atoms with E-state index in [0.29, 0.717) is 11.1 Å². The number of hydrogen-bond acceptors (Lipinski definition) is 4. The molecular formula is C21H26N4O3. The molecule has 2 aliphatic rings. The highest BCUT2D eigenvalue weighted by Crippen LogP contribution is 2.29. The van der Waals surface area contributed by atoms with Crippen molar-refractivity contribution < 1.29 is 14.4 Å². The number of benzene rings is 1. The Morgan fingerprint density at radius 3 is 2.39 bits per heavy atom. The summed E-state index contributed by atoms with van der Waals surface area (Å²) < 4.78 is 0. The third-order valence-corrected chi connectivity index (χ3v) is 5.64. The summed E-state index contributed by atoms with van der Waals surface area (Å²) in [4.78, 5) is 38.7. The molecule has 0 aromatic heterocycles. The van der Waals surface area contributed by atoms with Crippen LogP contribution in [0.1, 0.15) is 63.0 Å². The van der Waals surface area contributed by atoms with Gasteiger partial charge in [0.1, 0.15) is 12.1 Å². The molecule has 7 nitrogen and oxygen atoms in total. The minimum absolute atomic E-state index is 0.110. The molecule has 1 atom stereocenters. The number of rotatable bonds is 4. The smallest absolute Gasteiger partial charge is 0.325 e. The van der Waals surface area contributed by atoms with Crippen LogP contribution in [-0.2, 0) is 15.1 Å². The lowest BCUT2D eigenvalue weighted by atomic mass is 9.91. The second kappa shape index (κ2) is 8.42. The van der Waals surface area contributed by atoms with E-state index in [1.54, 1.807) is 31.2 Å². The Kier molecular flexibility index (Phi) is 5.98. The Bertz CT molecular complexity index is 791. The van der Waals surface area contributed by atoms with E-state index in [-0.39, 0.29) is 18.5 Å². The van der Waals surface area contributed by atoms with Crippen molar-refractivity contribution in [2.45, 2.75) is 63.5 Å². The Balaban J connectivity index is 1.65. The van der Waals surface area contributed by atoms with Gasteiger partial charge in [0.05, 0.1) is 11.6 Å². The molecule has 7 heteroatoms. The van der Waals surface area contributed by atoms with E-state index in [9.17, 15) is 14.4 Å². The van der Waals surface area contributed by atoms with E-state index in [0.717, 1.165) is 30.6 Å². The lowest BCUT2D eigenvalue weighted by Crippen LogP contribution is -2.45. The minimum atomic E-state index is -1.24. The van der Waals surface area contributed by atoms with Crippen molar-refractivity contribution in [3.05, 3.63) is 35.4 Å². The van der Waals surface area contributed by atoms with Gasteiger partial charge in [-0.3, -0.25) is 14.5 Å². The van der Waals surface area contributed by atoms with Gasteiger partial charge in [0.2, 0.25) is 5.91 Å². The maximum Gasteiger partial charge on any atom is 0.325 e. The number of carbonyl (C=O) groups is 3. The van der Waals surface area contributed by atoms with Gasteiger partial charge in [0.25, 0.3) is 5.91 Å². The molecule has 1 saturated heterocycles. The summed E-state index contributed by atoms with van der Waals surface area (Å²) in [5.41, 5.74) is -0.196. The topological polar surface area (TPSA) is 102 Å². The fourth-order valence-electron chi connectivity index (χ4n) is 3.93. The third-order valence-electron chi connectivity index (χ3n) is 5.64. The first-order valence-electron chi connectivity index (χ1n) is 9.88. The van der Waals surface area contributed by atoms with Crippen molar-refractivity contribution in [2.75, 3.05) is 6.54 Å². The summed E-state index contributed by atoms with van der Waals surface area (Å²) in [5, 5.41) is 14.6. The van der Waals surface area contributed by atoms with E-state index < -0.39 is 17.5 Å². The first-order chi connectivity index (χ1) is 13.4. The quantitative estimate of drug-likeness (QED) is 0.781. The molecule has 3 rings (SSSR count). The highest BCUT2D eigenvalue weighted by Gasteiger charge is 2.49. The zero-order chi connectivity index (χ0) is 20.1. The predicted octanol–water partition coefficient (Wildman–Crippen LogP) is 2.55. The van der Waals surface area contributed by atoms with E-state index in [4.69, 9.17) is 5.26 Å². The van der Waals surface area contributed by atoms with Crippen molar-refractivity contribution in [1.82, 2.24) is 15.5 Å². The summed E-state index contributed by atoms with van der Waals surface area (Å²) >= 11 is 0. The van der Waals surface area contributed by atoms with Crippen molar-refractivity contribution in [2.24, 2.45) is 0 Å². The molecule has 1 saturated carbocycles. The monoisotopic (exact) mass is 382 g/mol. The molecule has 1 aliphatic heterocycles. The van der Waals surface area contributed by atoms with Crippen molar-refractivity contribution in [3.8, 4) is 6.07 Å². The van der Waals surface area contributed by atoms with Gasteiger partial charge in [-0.05, 0) is 37.5 Å². The molecular weight excluding hydrogens is 356 g/mol. The van der Waals surface area contributed by atoms with Gasteiger partial charge in [-0.25, -0.2) is 4.79 Å². The van der Waals surface area contributed by atoms with Crippen molar-refractivity contribution >= 4 is 17.8 Å². The van der Waals surface area contributed by atoms with Gasteiger partial charge in [0.15, 0.2) is 0 Å². The minimum Gasteiger partial charge on any atom is -0.352 e. The van der Waals surface area contributed by atoms with Gasteiger partial charge in [-0.2, -0.15) is 5.26 Å². The molecule has 0 radical (unpaired) electrons. The first kappa shape index (κ1) is 19.9. The van der Waals surface area contributed by atoms with Crippen LogP contribution in [0.15, 0.2) is 24.3 Å². The average molecular weight is 382 g/mol. The highest BCUT2D eigenvalue weighted by molar-refractivity contribution is 6.09. The van der Waals surface area contributed by atoms with E-state index in [1.807, 2.05) is 6.07 Å². The summed E-state index contributed by atoms with van der Waals surface area (Å²) in [6.45, 7) is 1.33. The van der Waals surface area contributed by atoms with E-state index in [1.165, 1.54) is 19.3 Å². The SMILES string of the molecule is CC1(c2ccc(C#N)cc2)NC(=O)N(CC(=O)NC2CCCCCCC2)C1=O. The van der Waals surface area contributed by atoms with Gasteiger partial charge < -0.3 is 10.6 Å². The molecule has 1 aliphatic carbocycles. The van der Waals surface area contributed by atoms with E-state index in [2.05, 4.69) is 10.6 Å². The Hall–Kier alpha value is -2.88. The Morgan fingerprint density at radius 2 is 1.79 bits per heavy atom.